The largest absolute Gasteiger partial charge is 0.280 e. The molecule has 0 unspecified atom stereocenters. The fraction of sp³-hybridized carbons (Fsp3) is 0. The van der Waals surface area contributed by atoms with Crippen LogP contribution in [0.3, 0.4) is 0 Å². The topological polar surface area (TPSA) is 46.2 Å². The van der Waals surface area contributed by atoms with E-state index in [1.165, 1.54) is 18.2 Å². The first-order chi connectivity index (χ1) is 8.87. The highest BCUT2D eigenvalue weighted by Gasteiger charge is 2.15. The van der Waals surface area contributed by atoms with Gasteiger partial charge in [0.2, 0.25) is 0 Å². The van der Waals surface area contributed by atoms with E-state index >= 15 is 0 Å². The number of halogens is 3. The van der Waals surface area contributed by atoms with Crippen LogP contribution in [0.25, 0.3) is 0 Å². The van der Waals surface area contributed by atoms with Crippen LogP contribution in [0.4, 0.5) is 5.69 Å². The Kier molecular flexibility index (Phi) is 4.60. The second kappa shape index (κ2) is 5.87. The van der Waals surface area contributed by atoms with Gasteiger partial charge in [0.15, 0.2) is 0 Å². The average Bonchev–Trinajstić information content (AvgIpc) is 2.31. The van der Waals surface area contributed by atoms with E-state index in [9.17, 15) is 8.42 Å². The van der Waals surface area contributed by atoms with E-state index in [-0.39, 0.29) is 14.9 Å². The zero-order valence-corrected chi connectivity index (χ0v) is 13.9. The predicted molar refractivity (Wildman–Crippen MR) is 86.4 cm³/mol. The van der Waals surface area contributed by atoms with Gasteiger partial charge >= 0.3 is 0 Å². The standard InChI is InChI=1S/C12H8Cl2INO2S/c13-8-5-9(14)7-12(6-8)19(17,18)16-11-3-1-10(15)2-4-11/h1-7,16H. The summed E-state index contributed by atoms with van der Waals surface area (Å²) in [5.74, 6) is 0. The maximum Gasteiger partial charge on any atom is 0.261 e. The van der Waals surface area contributed by atoms with E-state index in [4.69, 9.17) is 23.2 Å². The molecule has 0 amide bonds. The fourth-order valence-electron chi connectivity index (χ4n) is 1.42. The molecule has 0 fully saturated rings. The van der Waals surface area contributed by atoms with Crippen molar-refractivity contribution in [3.8, 4) is 0 Å². The lowest BCUT2D eigenvalue weighted by atomic mass is 10.3. The number of benzene rings is 2. The van der Waals surface area contributed by atoms with Crippen molar-refractivity contribution in [1.29, 1.82) is 0 Å². The van der Waals surface area contributed by atoms with E-state index in [1.807, 2.05) is 12.1 Å². The summed E-state index contributed by atoms with van der Waals surface area (Å²) in [7, 11) is -3.69. The second-order valence-corrected chi connectivity index (χ2v) is 7.52. The normalized spacial score (nSPS) is 11.3. The number of nitrogens with one attached hydrogen (secondary N) is 1. The molecule has 19 heavy (non-hydrogen) atoms. The Morgan fingerprint density at radius 3 is 2.00 bits per heavy atom. The predicted octanol–water partition coefficient (Wildman–Crippen LogP) is 4.40. The van der Waals surface area contributed by atoms with E-state index in [2.05, 4.69) is 27.3 Å². The van der Waals surface area contributed by atoms with Crippen LogP contribution in [-0.2, 0) is 10.0 Å². The Bertz CT molecular complexity index is 682. The van der Waals surface area contributed by atoms with Crippen LogP contribution in [0.1, 0.15) is 0 Å². The van der Waals surface area contributed by atoms with E-state index in [0.717, 1.165) is 3.57 Å². The first kappa shape index (κ1) is 14.9. The molecule has 1 N–H and O–H groups in total. The van der Waals surface area contributed by atoms with Gasteiger partial charge in [-0.3, -0.25) is 4.72 Å². The minimum atomic E-state index is -3.69. The van der Waals surface area contributed by atoms with Gasteiger partial charge in [-0.25, -0.2) is 8.42 Å². The summed E-state index contributed by atoms with van der Waals surface area (Å²) in [5.41, 5.74) is 0.483. The van der Waals surface area contributed by atoms with Gasteiger partial charge in [0.05, 0.1) is 4.90 Å². The Morgan fingerprint density at radius 2 is 1.47 bits per heavy atom. The zero-order valence-electron chi connectivity index (χ0n) is 9.40. The van der Waals surface area contributed by atoms with Gasteiger partial charge in [0.1, 0.15) is 0 Å². The SMILES string of the molecule is O=S(=O)(Nc1ccc(I)cc1)c1cc(Cl)cc(Cl)c1. The van der Waals surface area contributed by atoms with E-state index in [0.29, 0.717) is 5.69 Å². The molecule has 100 valence electrons. The van der Waals surface area contributed by atoms with Crippen molar-refractivity contribution in [3.05, 3.63) is 56.1 Å². The van der Waals surface area contributed by atoms with Crippen LogP contribution in [0.5, 0.6) is 0 Å². The minimum absolute atomic E-state index is 0.0311. The molecule has 0 bridgehead atoms. The van der Waals surface area contributed by atoms with Crippen LogP contribution in [-0.4, -0.2) is 8.42 Å². The fourth-order valence-corrected chi connectivity index (χ4v) is 3.56. The molecule has 0 aromatic heterocycles. The quantitative estimate of drug-likeness (QED) is 0.738. The molecular weight excluding hydrogens is 420 g/mol. The number of sulfonamides is 1. The van der Waals surface area contributed by atoms with Crippen LogP contribution < -0.4 is 4.72 Å². The lowest BCUT2D eigenvalue weighted by Gasteiger charge is -2.09. The average molecular weight is 428 g/mol. The van der Waals surface area contributed by atoms with Gasteiger partial charge < -0.3 is 0 Å². The summed E-state index contributed by atoms with van der Waals surface area (Å²) in [6.45, 7) is 0. The molecule has 0 aliphatic rings. The molecule has 3 nitrogen and oxygen atoms in total. The second-order valence-electron chi connectivity index (χ2n) is 3.72. The van der Waals surface area contributed by atoms with Crippen molar-refractivity contribution < 1.29 is 8.42 Å². The molecule has 0 radical (unpaired) electrons. The lowest BCUT2D eigenvalue weighted by molar-refractivity contribution is 0.601. The van der Waals surface area contributed by atoms with Gasteiger partial charge in [-0.05, 0) is 65.1 Å². The first-order valence-electron chi connectivity index (χ1n) is 5.11. The molecule has 0 saturated carbocycles. The van der Waals surface area contributed by atoms with Gasteiger partial charge in [-0.2, -0.15) is 0 Å². The molecule has 0 atom stereocenters. The summed E-state index contributed by atoms with van der Waals surface area (Å²) in [4.78, 5) is 0.0311. The number of hydrogen-bond donors (Lipinski definition) is 1. The zero-order chi connectivity index (χ0) is 14.0. The van der Waals surface area contributed by atoms with Crippen LogP contribution >= 0.6 is 45.8 Å². The maximum absolute atomic E-state index is 12.2. The van der Waals surface area contributed by atoms with Crippen molar-refractivity contribution >= 4 is 61.5 Å². The summed E-state index contributed by atoms with van der Waals surface area (Å²) in [5, 5.41) is 0.547. The summed E-state index contributed by atoms with van der Waals surface area (Å²) < 4.78 is 27.8. The third kappa shape index (κ3) is 3.98. The minimum Gasteiger partial charge on any atom is -0.280 e. The van der Waals surface area contributed by atoms with Gasteiger partial charge in [0.25, 0.3) is 10.0 Å². The lowest BCUT2D eigenvalue weighted by Crippen LogP contribution is -2.12. The Labute approximate surface area is 135 Å². The Morgan fingerprint density at radius 1 is 0.947 bits per heavy atom. The van der Waals surface area contributed by atoms with E-state index in [1.54, 1.807) is 12.1 Å². The molecule has 0 aliphatic carbocycles. The monoisotopic (exact) mass is 427 g/mol. The van der Waals surface area contributed by atoms with Crippen molar-refractivity contribution in [3.63, 3.8) is 0 Å². The summed E-state index contributed by atoms with van der Waals surface area (Å²) in [6.07, 6.45) is 0. The summed E-state index contributed by atoms with van der Waals surface area (Å²) >= 11 is 13.7. The highest BCUT2D eigenvalue weighted by molar-refractivity contribution is 14.1. The summed E-state index contributed by atoms with van der Waals surface area (Å²) in [6, 6.07) is 11.2. The van der Waals surface area contributed by atoms with Crippen molar-refractivity contribution in [2.75, 3.05) is 4.72 Å². The number of rotatable bonds is 3. The van der Waals surface area contributed by atoms with E-state index < -0.39 is 10.0 Å². The molecule has 7 heteroatoms. The van der Waals surface area contributed by atoms with Gasteiger partial charge in [0, 0.05) is 19.3 Å². The van der Waals surface area contributed by atoms with Crippen molar-refractivity contribution in [1.82, 2.24) is 0 Å². The molecule has 2 aromatic rings. The molecule has 2 rings (SSSR count). The smallest absolute Gasteiger partial charge is 0.261 e. The molecule has 0 heterocycles. The number of hydrogen-bond acceptors (Lipinski definition) is 2. The van der Waals surface area contributed by atoms with Gasteiger partial charge in [-0.1, -0.05) is 23.2 Å². The number of anilines is 1. The van der Waals surface area contributed by atoms with Gasteiger partial charge in [-0.15, -0.1) is 0 Å². The molecule has 0 saturated heterocycles. The third-order valence-electron chi connectivity index (χ3n) is 2.24. The molecule has 0 aliphatic heterocycles. The molecular formula is C12H8Cl2INO2S. The Balaban J connectivity index is 2.34. The van der Waals surface area contributed by atoms with Crippen molar-refractivity contribution in [2.45, 2.75) is 4.90 Å². The highest BCUT2D eigenvalue weighted by Crippen LogP contribution is 2.24. The molecule has 0 spiro atoms. The highest BCUT2D eigenvalue weighted by atomic mass is 127. The van der Waals surface area contributed by atoms with Crippen LogP contribution in [0.2, 0.25) is 10.0 Å². The first-order valence-corrected chi connectivity index (χ1v) is 8.43. The van der Waals surface area contributed by atoms with Crippen molar-refractivity contribution in [2.24, 2.45) is 0 Å². The van der Waals surface area contributed by atoms with Crippen LogP contribution in [0.15, 0.2) is 47.4 Å². The maximum atomic E-state index is 12.2. The molecule has 2 aromatic carbocycles. The third-order valence-corrected chi connectivity index (χ3v) is 4.76. The Hall–Kier alpha value is -0.500. The van der Waals surface area contributed by atoms with Crippen LogP contribution in [0, 0.1) is 3.57 Å².